The first-order valence-electron chi connectivity index (χ1n) is 12.5. The van der Waals surface area contributed by atoms with Gasteiger partial charge in [0, 0.05) is 49.4 Å². The van der Waals surface area contributed by atoms with Crippen molar-refractivity contribution in [3.63, 3.8) is 0 Å². The largest absolute Gasteiger partial charge is 0.465 e. The molecule has 37 heavy (non-hydrogen) atoms. The number of rotatable bonds is 7. The highest BCUT2D eigenvalue weighted by atomic mass is 16.5. The van der Waals surface area contributed by atoms with Gasteiger partial charge in [0.15, 0.2) is 0 Å². The maximum Gasteiger partial charge on any atom is 0.337 e. The van der Waals surface area contributed by atoms with Crippen LogP contribution in [0.1, 0.15) is 56.2 Å². The maximum absolute atomic E-state index is 13.0. The van der Waals surface area contributed by atoms with Gasteiger partial charge < -0.3 is 19.0 Å². The van der Waals surface area contributed by atoms with Crippen molar-refractivity contribution in [1.82, 2.24) is 14.5 Å². The van der Waals surface area contributed by atoms with E-state index in [0.717, 1.165) is 41.3 Å². The van der Waals surface area contributed by atoms with Crippen LogP contribution in [0.25, 0.3) is 11.0 Å². The molecule has 0 spiro atoms. The number of esters is 1. The number of ether oxygens (including phenoxy) is 1. The summed E-state index contributed by atoms with van der Waals surface area (Å²) in [5.74, 6) is 0.0409. The number of amides is 1. The minimum atomic E-state index is -0.342. The van der Waals surface area contributed by atoms with Gasteiger partial charge in [-0.2, -0.15) is 0 Å². The molecule has 1 aliphatic heterocycles. The van der Waals surface area contributed by atoms with Crippen molar-refractivity contribution in [1.29, 1.82) is 0 Å². The number of pyridine rings is 1. The maximum atomic E-state index is 13.0. The number of hydrogen-bond acceptors (Lipinski definition) is 5. The predicted octanol–water partition coefficient (Wildman–Crippen LogP) is 4.63. The Morgan fingerprint density at radius 1 is 1.00 bits per heavy atom. The van der Waals surface area contributed by atoms with E-state index in [9.17, 15) is 14.4 Å². The van der Waals surface area contributed by atoms with Crippen LogP contribution in [0.4, 0.5) is 0 Å². The summed E-state index contributed by atoms with van der Waals surface area (Å²) in [5, 5.41) is 1.09. The number of carbonyl (C=O) groups is 3. The smallest absolute Gasteiger partial charge is 0.337 e. The Balaban J connectivity index is 1.23. The summed E-state index contributed by atoms with van der Waals surface area (Å²) < 4.78 is 6.87. The van der Waals surface area contributed by atoms with Gasteiger partial charge in [0.2, 0.25) is 0 Å². The number of piperidine rings is 1. The van der Waals surface area contributed by atoms with Crippen LogP contribution >= 0.6 is 0 Å². The van der Waals surface area contributed by atoms with Gasteiger partial charge in [0.05, 0.1) is 12.7 Å². The highest BCUT2D eigenvalue weighted by Gasteiger charge is 2.25. The SMILES string of the molecule is COC(=O)c1ccc(Cn2ccc3cc(C4CCN(C(=O)c5cccc(CC=O)c5)CC4)cnc32)cc1. The third-order valence-electron chi connectivity index (χ3n) is 7.10. The van der Waals surface area contributed by atoms with Gasteiger partial charge in [0.25, 0.3) is 5.91 Å². The normalized spacial score (nSPS) is 14.0. The van der Waals surface area contributed by atoms with Gasteiger partial charge in [-0.05, 0) is 71.8 Å². The Kier molecular flexibility index (Phi) is 7.12. The highest BCUT2D eigenvalue weighted by Crippen LogP contribution is 2.30. The zero-order chi connectivity index (χ0) is 25.8. The number of nitrogens with zero attached hydrogens (tertiary/aromatic N) is 3. The molecule has 2 aromatic heterocycles. The second kappa shape index (κ2) is 10.8. The highest BCUT2D eigenvalue weighted by molar-refractivity contribution is 5.94. The minimum Gasteiger partial charge on any atom is -0.465 e. The molecular weight excluding hydrogens is 466 g/mol. The van der Waals surface area contributed by atoms with Crippen LogP contribution in [0.2, 0.25) is 0 Å². The second-order valence-corrected chi connectivity index (χ2v) is 9.45. The lowest BCUT2D eigenvalue weighted by Crippen LogP contribution is -2.38. The van der Waals surface area contributed by atoms with Crippen molar-refractivity contribution >= 4 is 29.2 Å². The third-order valence-corrected chi connectivity index (χ3v) is 7.10. The molecule has 0 bridgehead atoms. The first-order valence-corrected chi connectivity index (χ1v) is 12.5. The van der Waals surface area contributed by atoms with Gasteiger partial charge in [-0.3, -0.25) is 4.79 Å². The summed E-state index contributed by atoms with van der Waals surface area (Å²) in [5.41, 5.74) is 5.23. The topological polar surface area (TPSA) is 81.5 Å². The number of methoxy groups -OCH3 is 1. The Morgan fingerprint density at radius 2 is 1.78 bits per heavy atom. The minimum absolute atomic E-state index is 0.0245. The number of hydrogen-bond donors (Lipinski definition) is 0. The molecule has 1 saturated heterocycles. The van der Waals surface area contributed by atoms with Crippen molar-refractivity contribution in [2.75, 3.05) is 20.2 Å². The molecule has 188 valence electrons. The number of fused-ring (bicyclic) bond motifs is 1. The van der Waals surface area contributed by atoms with Crippen molar-refractivity contribution in [2.45, 2.75) is 31.7 Å². The van der Waals surface area contributed by atoms with Gasteiger partial charge in [-0.25, -0.2) is 9.78 Å². The molecule has 2 aromatic carbocycles. The van der Waals surface area contributed by atoms with Gasteiger partial charge in [-0.1, -0.05) is 24.3 Å². The molecule has 0 radical (unpaired) electrons. The molecule has 0 saturated carbocycles. The van der Waals surface area contributed by atoms with E-state index in [-0.39, 0.29) is 11.9 Å². The zero-order valence-corrected chi connectivity index (χ0v) is 20.8. The molecule has 0 aliphatic carbocycles. The van der Waals surface area contributed by atoms with Crippen LogP contribution < -0.4 is 0 Å². The Bertz CT molecular complexity index is 1430. The Labute approximate surface area is 215 Å². The predicted molar refractivity (Wildman–Crippen MR) is 141 cm³/mol. The fourth-order valence-electron chi connectivity index (χ4n) is 5.03. The summed E-state index contributed by atoms with van der Waals surface area (Å²) in [6.07, 6.45) is 6.96. The number of aromatic nitrogens is 2. The molecule has 1 fully saturated rings. The first-order chi connectivity index (χ1) is 18.1. The lowest BCUT2D eigenvalue weighted by atomic mass is 9.90. The van der Waals surface area contributed by atoms with Crippen molar-refractivity contribution < 1.29 is 19.1 Å². The first kappa shape index (κ1) is 24.4. The number of likely N-dealkylation sites (tertiary alicyclic amines) is 1. The van der Waals surface area contributed by atoms with Crippen LogP contribution in [-0.4, -0.2) is 52.8 Å². The number of carbonyl (C=O) groups excluding carboxylic acids is 3. The molecule has 1 amide bonds. The van der Waals surface area contributed by atoms with Crippen molar-refractivity contribution in [3.05, 3.63) is 101 Å². The molecule has 1 aliphatic rings. The summed E-state index contributed by atoms with van der Waals surface area (Å²) in [6, 6.07) is 19.0. The summed E-state index contributed by atoms with van der Waals surface area (Å²) in [4.78, 5) is 42.2. The molecule has 0 N–H and O–H groups in total. The van der Waals surface area contributed by atoms with Gasteiger partial charge >= 0.3 is 5.97 Å². The van der Waals surface area contributed by atoms with Crippen LogP contribution in [0.15, 0.2) is 73.1 Å². The molecule has 0 unspecified atom stereocenters. The lowest BCUT2D eigenvalue weighted by Gasteiger charge is -2.32. The average Bonchev–Trinajstić information content (AvgIpc) is 3.35. The quantitative estimate of drug-likeness (QED) is 0.276. The second-order valence-electron chi connectivity index (χ2n) is 9.45. The molecule has 4 aromatic rings. The Hall–Kier alpha value is -4.26. The van der Waals surface area contributed by atoms with E-state index < -0.39 is 0 Å². The lowest BCUT2D eigenvalue weighted by molar-refractivity contribution is -0.107. The van der Waals surface area contributed by atoms with E-state index in [1.807, 2.05) is 53.7 Å². The molecular formula is C30H29N3O4. The number of benzene rings is 2. The average molecular weight is 496 g/mol. The standard InChI is InChI=1S/C30H29N3O4/c1-37-30(36)24-7-5-22(6-8-24)20-33-15-11-25-18-27(19-31-28(25)33)23-9-13-32(14-10-23)29(35)26-4-2-3-21(17-26)12-16-34/h2-8,11,15-19,23H,9-10,12-14,20H2,1H3. The molecule has 7 nitrogen and oxygen atoms in total. The fourth-order valence-corrected chi connectivity index (χ4v) is 5.03. The van der Waals surface area contributed by atoms with Gasteiger partial charge in [-0.15, -0.1) is 0 Å². The third kappa shape index (κ3) is 5.31. The summed E-state index contributed by atoms with van der Waals surface area (Å²) in [6.45, 7) is 2.05. The monoisotopic (exact) mass is 495 g/mol. The van der Waals surface area contributed by atoms with E-state index >= 15 is 0 Å². The summed E-state index contributed by atoms with van der Waals surface area (Å²) in [7, 11) is 1.38. The van der Waals surface area contributed by atoms with E-state index in [4.69, 9.17) is 9.72 Å². The molecule has 5 rings (SSSR count). The number of aldehydes is 1. The van der Waals surface area contributed by atoms with Crippen LogP contribution in [0.5, 0.6) is 0 Å². The van der Waals surface area contributed by atoms with Crippen LogP contribution in [-0.2, 0) is 22.5 Å². The van der Waals surface area contributed by atoms with E-state index in [2.05, 4.69) is 16.7 Å². The Morgan fingerprint density at radius 3 is 2.51 bits per heavy atom. The van der Waals surface area contributed by atoms with E-state index in [1.54, 1.807) is 12.1 Å². The molecule has 3 heterocycles. The zero-order valence-electron chi connectivity index (χ0n) is 20.8. The van der Waals surface area contributed by atoms with E-state index in [0.29, 0.717) is 43.1 Å². The fraction of sp³-hybridized carbons (Fsp3) is 0.267. The van der Waals surface area contributed by atoms with Gasteiger partial charge in [0.1, 0.15) is 11.9 Å². The van der Waals surface area contributed by atoms with Crippen LogP contribution in [0, 0.1) is 0 Å². The molecule has 7 heteroatoms. The molecule has 0 atom stereocenters. The van der Waals surface area contributed by atoms with Crippen molar-refractivity contribution in [2.24, 2.45) is 0 Å². The van der Waals surface area contributed by atoms with Crippen molar-refractivity contribution in [3.8, 4) is 0 Å². The van der Waals surface area contributed by atoms with E-state index in [1.165, 1.54) is 12.7 Å². The van der Waals surface area contributed by atoms with Crippen LogP contribution in [0.3, 0.4) is 0 Å². The summed E-state index contributed by atoms with van der Waals surface area (Å²) >= 11 is 0.